The fraction of sp³-hybridized carbons (Fsp3) is 0.500. The number of ether oxygens (including phenoxy) is 3. The number of fused-ring (bicyclic) bond motifs is 1. The van der Waals surface area contributed by atoms with E-state index in [4.69, 9.17) is 14.2 Å². The Morgan fingerprint density at radius 1 is 1.16 bits per heavy atom. The van der Waals surface area contributed by atoms with Gasteiger partial charge in [0.1, 0.15) is 0 Å². The van der Waals surface area contributed by atoms with E-state index >= 15 is 0 Å². The van der Waals surface area contributed by atoms with Gasteiger partial charge in [-0.15, -0.1) is 0 Å². The predicted molar refractivity (Wildman–Crippen MR) is 69.4 cm³/mol. The Morgan fingerprint density at radius 3 is 2.42 bits per heavy atom. The van der Waals surface area contributed by atoms with Crippen LogP contribution in [0.15, 0.2) is 6.07 Å². The number of hydrogen-bond donors (Lipinski definition) is 1. The number of carbonyl (C=O) groups excluding carboxylic acids is 1. The topological polar surface area (TPSA) is 65.0 Å². The van der Waals surface area contributed by atoms with Crippen molar-refractivity contribution in [1.82, 2.24) is 0 Å². The Balaban J connectivity index is 2.66. The van der Waals surface area contributed by atoms with Crippen molar-refractivity contribution in [2.45, 2.75) is 25.4 Å². The molecule has 0 bridgehead atoms. The second-order valence-corrected chi connectivity index (χ2v) is 4.50. The minimum atomic E-state index is -0.610. The first-order chi connectivity index (χ1) is 9.12. The molecule has 5 nitrogen and oxygen atoms in total. The molecule has 1 aromatic carbocycles. The number of hydrogen-bond acceptors (Lipinski definition) is 5. The fourth-order valence-electron chi connectivity index (χ4n) is 2.45. The van der Waals surface area contributed by atoms with Crippen LogP contribution < -0.4 is 14.2 Å². The summed E-state index contributed by atoms with van der Waals surface area (Å²) < 4.78 is 15.9. The van der Waals surface area contributed by atoms with Crippen molar-refractivity contribution in [1.29, 1.82) is 0 Å². The molecule has 0 saturated heterocycles. The van der Waals surface area contributed by atoms with Gasteiger partial charge in [0.2, 0.25) is 5.75 Å². The zero-order valence-electron chi connectivity index (χ0n) is 11.4. The first-order valence-corrected chi connectivity index (χ1v) is 6.15. The molecule has 5 heteroatoms. The molecule has 1 aromatic rings. The smallest absolute Gasteiger partial charge is 0.204 e. The Kier molecular flexibility index (Phi) is 3.95. The van der Waals surface area contributed by atoms with Crippen LogP contribution in [0, 0.1) is 0 Å². The number of ketones is 1. The molecule has 0 saturated carbocycles. The van der Waals surface area contributed by atoms with E-state index in [2.05, 4.69) is 0 Å². The summed E-state index contributed by atoms with van der Waals surface area (Å²) in [6.07, 6.45) is 0.663. The molecule has 0 aromatic heterocycles. The van der Waals surface area contributed by atoms with E-state index in [1.807, 2.05) is 0 Å². The van der Waals surface area contributed by atoms with Gasteiger partial charge in [-0.2, -0.15) is 0 Å². The van der Waals surface area contributed by atoms with Crippen molar-refractivity contribution in [3.05, 3.63) is 17.2 Å². The van der Waals surface area contributed by atoms with Crippen LogP contribution in [-0.4, -0.2) is 38.3 Å². The van der Waals surface area contributed by atoms with Crippen LogP contribution in [0.5, 0.6) is 17.2 Å². The first kappa shape index (κ1) is 13.7. The fourth-order valence-corrected chi connectivity index (χ4v) is 2.45. The van der Waals surface area contributed by atoms with Gasteiger partial charge >= 0.3 is 0 Å². The van der Waals surface area contributed by atoms with Crippen LogP contribution in [0.2, 0.25) is 0 Å². The molecule has 0 amide bonds. The zero-order chi connectivity index (χ0) is 14.0. The van der Waals surface area contributed by atoms with Crippen LogP contribution in [0.25, 0.3) is 0 Å². The molecule has 1 N–H and O–H groups in total. The summed E-state index contributed by atoms with van der Waals surface area (Å²) in [5.74, 6) is 1.20. The highest BCUT2D eigenvalue weighted by Gasteiger charge is 2.29. The molecule has 104 valence electrons. The largest absolute Gasteiger partial charge is 0.493 e. The van der Waals surface area contributed by atoms with Gasteiger partial charge in [-0.05, 0) is 24.5 Å². The van der Waals surface area contributed by atoms with Gasteiger partial charge in [-0.25, -0.2) is 0 Å². The van der Waals surface area contributed by atoms with Crippen molar-refractivity contribution >= 4 is 5.78 Å². The van der Waals surface area contributed by atoms with E-state index in [9.17, 15) is 9.90 Å². The highest BCUT2D eigenvalue weighted by atomic mass is 16.5. The maximum atomic E-state index is 12.2. The summed E-state index contributed by atoms with van der Waals surface area (Å²) in [5, 5.41) is 9.72. The maximum absolute atomic E-state index is 12.2. The quantitative estimate of drug-likeness (QED) is 0.842. The highest BCUT2D eigenvalue weighted by Crippen LogP contribution is 2.43. The monoisotopic (exact) mass is 266 g/mol. The van der Waals surface area contributed by atoms with Crippen molar-refractivity contribution < 1.29 is 24.1 Å². The third-order valence-corrected chi connectivity index (χ3v) is 3.36. The van der Waals surface area contributed by atoms with Gasteiger partial charge < -0.3 is 19.3 Å². The lowest BCUT2D eigenvalue weighted by Crippen LogP contribution is -2.11. The molecule has 0 heterocycles. The highest BCUT2D eigenvalue weighted by molar-refractivity contribution is 6.02. The second kappa shape index (κ2) is 5.48. The van der Waals surface area contributed by atoms with E-state index in [0.717, 1.165) is 5.56 Å². The Hall–Kier alpha value is -1.75. The number of rotatable bonds is 3. The van der Waals surface area contributed by atoms with Gasteiger partial charge in [-0.1, -0.05) is 0 Å². The minimum absolute atomic E-state index is 0.110. The van der Waals surface area contributed by atoms with Gasteiger partial charge in [0.25, 0.3) is 0 Å². The Labute approximate surface area is 112 Å². The molecule has 0 radical (unpaired) electrons. The number of benzene rings is 1. The summed E-state index contributed by atoms with van der Waals surface area (Å²) in [6, 6.07) is 1.78. The standard InChI is InChI=1S/C14H18O5/c1-17-11-6-8-4-5-9(15)7-10(16)12(8)14(19-3)13(11)18-2/h6,9,15H,4-5,7H2,1-3H3. The summed E-state index contributed by atoms with van der Waals surface area (Å²) in [5.41, 5.74) is 1.33. The number of Topliss-reactive ketones (excluding diaryl/α,β-unsaturated/α-hetero) is 1. The third kappa shape index (κ3) is 2.38. The molecule has 1 atom stereocenters. The number of aliphatic hydroxyl groups excluding tert-OH is 1. The molecule has 0 aliphatic heterocycles. The number of carbonyl (C=O) groups is 1. The lowest BCUT2D eigenvalue weighted by molar-refractivity contribution is 0.0879. The van der Waals surface area contributed by atoms with Crippen molar-refractivity contribution in [2.75, 3.05) is 21.3 Å². The number of aryl methyl sites for hydroxylation is 1. The predicted octanol–water partition coefficient (Wildman–Crippen LogP) is 1.59. The number of methoxy groups -OCH3 is 3. The SMILES string of the molecule is COc1cc2c(c(OC)c1OC)C(=O)CC(O)CC2. The second-order valence-electron chi connectivity index (χ2n) is 4.50. The van der Waals surface area contributed by atoms with Crippen molar-refractivity contribution in [3.63, 3.8) is 0 Å². The molecule has 1 unspecified atom stereocenters. The molecule has 0 fully saturated rings. The van der Waals surface area contributed by atoms with E-state index in [0.29, 0.717) is 35.7 Å². The van der Waals surface area contributed by atoms with Crippen molar-refractivity contribution in [2.24, 2.45) is 0 Å². The van der Waals surface area contributed by atoms with E-state index < -0.39 is 6.10 Å². The Morgan fingerprint density at radius 2 is 1.84 bits per heavy atom. The van der Waals surface area contributed by atoms with E-state index in [-0.39, 0.29) is 12.2 Å². The van der Waals surface area contributed by atoms with Gasteiger partial charge in [-0.3, -0.25) is 4.79 Å². The minimum Gasteiger partial charge on any atom is -0.493 e. The molecular weight excluding hydrogens is 248 g/mol. The van der Waals surface area contributed by atoms with Crippen LogP contribution in [0.3, 0.4) is 0 Å². The van der Waals surface area contributed by atoms with Gasteiger partial charge in [0, 0.05) is 6.42 Å². The summed E-state index contributed by atoms with van der Waals surface area (Å²) in [4.78, 5) is 12.2. The summed E-state index contributed by atoms with van der Waals surface area (Å²) in [7, 11) is 4.53. The molecule has 2 rings (SSSR count). The average molecular weight is 266 g/mol. The summed E-state index contributed by atoms with van der Waals surface area (Å²) in [6.45, 7) is 0. The van der Waals surface area contributed by atoms with Crippen molar-refractivity contribution in [3.8, 4) is 17.2 Å². The maximum Gasteiger partial charge on any atom is 0.204 e. The van der Waals surface area contributed by atoms with Gasteiger partial charge in [0.15, 0.2) is 17.3 Å². The van der Waals surface area contributed by atoms with Crippen LogP contribution >= 0.6 is 0 Å². The number of aliphatic hydroxyl groups is 1. The normalized spacial score (nSPS) is 18.5. The van der Waals surface area contributed by atoms with Crippen LogP contribution in [0.4, 0.5) is 0 Å². The molecule has 1 aliphatic carbocycles. The van der Waals surface area contributed by atoms with Crippen LogP contribution in [-0.2, 0) is 6.42 Å². The Bertz CT molecular complexity index is 495. The molecule has 1 aliphatic rings. The average Bonchev–Trinajstić information content (AvgIpc) is 2.55. The molecule has 19 heavy (non-hydrogen) atoms. The van der Waals surface area contributed by atoms with Crippen LogP contribution in [0.1, 0.15) is 28.8 Å². The van der Waals surface area contributed by atoms with Gasteiger partial charge in [0.05, 0.1) is 33.0 Å². The molecule has 0 spiro atoms. The zero-order valence-corrected chi connectivity index (χ0v) is 11.4. The summed E-state index contributed by atoms with van der Waals surface area (Å²) >= 11 is 0. The first-order valence-electron chi connectivity index (χ1n) is 6.15. The third-order valence-electron chi connectivity index (χ3n) is 3.36. The van der Waals surface area contributed by atoms with E-state index in [1.54, 1.807) is 6.07 Å². The molecular formula is C14H18O5. The lowest BCUT2D eigenvalue weighted by Gasteiger charge is -2.17. The van der Waals surface area contributed by atoms with E-state index in [1.165, 1.54) is 21.3 Å². The lowest BCUT2D eigenvalue weighted by atomic mass is 9.99.